The molecule has 42 heavy (non-hydrogen) atoms. The molecular formula is C31H42N4O7. The SMILES string of the molecule is CCOC(=O)C1=C(C)NC(C)=C(C(=O)OC(C)CCCCC(C)Oc2cc(C(C)C)[nH]n2)C1c1cccc([N+](=O)[O-])c1. The number of dihydropyridines is 1. The Bertz CT molecular complexity index is 1340. The van der Waals surface area contributed by atoms with Gasteiger partial charge >= 0.3 is 11.9 Å². The van der Waals surface area contributed by atoms with Crippen molar-refractivity contribution in [2.45, 2.75) is 98.2 Å². The van der Waals surface area contributed by atoms with Crippen LogP contribution >= 0.6 is 0 Å². The number of aromatic nitrogens is 2. The molecule has 0 fully saturated rings. The molecule has 0 saturated carbocycles. The first-order valence-corrected chi connectivity index (χ1v) is 14.5. The van der Waals surface area contributed by atoms with Crippen LogP contribution in [0.5, 0.6) is 5.88 Å². The summed E-state index contributed by atoms with van der Waals surface area (Å²) in [7, 11) is 0. The summed E-state index contributed by atoms with van der Waals surface area (Å²) >= 11 is 0. The van der Waals surface area contributed by atoms with Gasteiger partial charge in [0.15, 0.2) is 0 Å². The van der Waals surface area contributed by atoms with E-state index in [2.05, 4.69) is 29.4 Å². The molecule has 0 spiro atoms. The highest BCUT2D eigenvalue weighted by Crippen LogP contribution is 2.40. The average Bonchev–Trinajstić information content (AvgIpc) is 3.39. The molecule has 3 unspecified atom stereocenters. The molecule has 3 rings (SSSR count). The fraction of sp³-hybridized carbons (Fsp3) is 0.516. The van der Waals surface area contributed by atoms with Gasteiger partial charge < -0.3 is 19.5 Å². The van der Waals surface area contributed by atoms with E-state index in [1.165, 1.54) is 18.2 Å². The highest BCUT2D eigenvalue weighted by atomic mass is 16.6. The number of nitrogens with zero attached hydrogens (tertiary/aromatic N) is 2. The van der Waals surface area contributed by atoms with E-state index >= 15 is 0 Å². The molecule has 3 atom stereocenters. The molecule has 1 aliphatic heterocycles. The second-order valence-corrected chi connectivity index (χ2v) is 11.0. The van der Waals surface area contributed by atoms with E-state index in [4.69, 9.17) is 14.2 Å². The number of carbonyl (C=O) groups is 2. The molecule has 228 valence electrons. The van der Waals surface area contributed by atoms with Gasteiger partial charge in [-0.25, -0.2) is 9.59 Å². The minimum Gasteiger partial charge on any atom is -0.474 e. The third kappa shape index (κ3) is 8.20. The Balaban J connectivity index is 1.67. The van der Waals surface area contributed by atoms with Crippen molar-refractivity contribution in [1.82, 2.24) is 15.5 Å². The highest BCUT2D eigenvalue weighted by molar-refractivity contribution is 6.00. The second kappa shape index (κ2) is 14.7. The average molecular weight is 583 g/mol. The number of nitro groups is 1. The van der Waals surface area contributed by atoms with Crippen molar-refractivity contribution in [2.24, 2.45) is 0 Å². The number of nitro benzene ring substituents is 1. The van der Waals surface area contributed by atoms with Crippen LogP contribution in [0.3, 0.4) is 0 Å². The number of carbonyl (C=O) groups excluding carboxylic acids is 2. The number of H-pyrrole nitrogens is 1. The van der Waals surface area contributed by atoms with Crippen molar-refractivity contribution in [3.05, 3.63) is 74.2 Å². The van der Waals surface area contributed by atoms with E-state index in [0.29, 0.717) is 35.2 Å². The van der Waals surface area contributed by atoms with Gasteiger partial charge in [-0.1, -0.05) is 26.0 Å². The molecule has 0 bridgehead atoms. The molecule has 2 heterocycles. The topological polar surface area (TPSA) is 146 Å². The monoisotopic (exact) mass is 582 g/mol. The van der Waals surface area contributed by atoms with Gasteiger partial charge in [-0.3, -0.25) is 15.2 Å². The number of unbranched alkanes of at least 4 members (excludes halogenated alkanes) is 1. The van der Waals surface area contributed by atoms with Crippen LogP contribution in [0.25, 0.3) is 0 Å². The summed E-state index contributed by atoms with van der Waals surface area (Å²) in [5.74, 6) is -1.15. The maximum Gasteiger partial charge on any atom is 0.337 e. The number of esters is 2. The number of rotatable bonds is 14. The molecule has 1 aromatic carbocycles. The molecular weight excluding hydrogens is 540 g/mol. The first-order chi connectivity index (χ1) is 19.9. The standard InChI is InChI=1S/C31H42N4O7/c1-8-40-30(36)27-21(6)32-22(7)28(29(27)23-14-11-15-24(16-23)35(38)39)31(37)42-20(5)13-10-9-12-19(4)41-26-17-25(18(2)3)33-34-26/h11,14-20,29,32H,8-10,12-13H2,1-7H3,(H,33,34). The predicted octanol–water partition coefficient (Wildman–Crippen LogP) is 6.20. The highest BCUT2D eigenvalue weighted by Gasteiger charge is 2.38. The smallest absolute Gasteiger partial charge is 0.337 e. The zero-order valence-corrected chi connectivity index (χ0v) is 25.5. The minimum absolute atomic E-state index is 0.0145. The van der Waals surface area contributed by atoms with Crippen LogP contribution in [0.4, 0.5) is 5.69 Å². The Labute approximate surface area is 246 Å². The molecule has 1 aromatic heterocycles. The van der Waals surface area contributed by atoms with Crippen molar-refractivity contribution in [2.75, 3.05) is 6.61 Å². The van der Waals surface area contributed by atoms with Crippen molar-refractivity contribution < 1.29 is 28.7 Å². The molecule has 11 nitrogen and oxygen atoms in total. The number of nitrogens with one attached hydrogen (secondary N) is 2. The molecule has 2 N–H and O–H groups in total. The lowest BCUT2D eigenvalue weighted by molar-refractivity contribution is -0.384. The van der Waals surface area contributed by atoms with Gasteiger partial charge in [0, 0.05) is 35.3 Å². The lowest BCUT2D eigenvalue weighted by Gasteiger charge is -2.31. The minimum atomic E-state index is -0.888. The number of non-ortho nitro benzene ring substituents is 1. The zero-order valence-electron chi connectivity index (χ0n) is 25.5. The van der Waals surface area contributed by atoms with Gasteiger partial charge in [0.2, 0.25) is 5.88 Å². The number of hydrogen-bond acceptors (Lipinski definition) is 9. The summed E-state index contributed by atoms with van der Waals surface area (Å²) in [6.45, 7) is 13.3. The summed E-state index contributed by atoms with van der Waals surface area (Å²) in [5.41, 5.74) is 2.78. The lowest BCUT2D eigenvalue weighted by Crippen LogP contribution is -2.33. The van der Waals surface area contributed by atoms with Gasteiger partial charge in [-0.2, -0.15) is 0 Å². The van der Waals surface area contributed by atoms with E-state index in [1.807, 2.05) is 19.9 Å². The van der Waals surface area contributed by atoms with Gasteiger partial charge in [0.1, 0.15) is 0 Å². The van der Waals surface area contributed by atoms with Gasteiger partial charge in [-0.15, -0.1) is 5.10 Å². The van der Waals surface area contributed by atoms with Crippen molar-refractivity contribution >= 4 is 17.6 Å². The zero-order chi connectivity index (χ0) is 31.0. The maximum atomic E-state index is 13.6. The largest absolute Gasteiger partial charge is 0.474 e. The summed E-state index contributed by atoms with van der Waals surface area (Å²) in [4.78, 5) is 37.6. The molecule has 1 aliphatic rings. The molecule has 0 amide bonds. The van der Waals surface area contributed by atoms with Gasteiger partial charge in [-0.05, 0) is 71.8 Å². The van der Waals surface area contributed by atoms with E-state index in [9.17, 15) is 19.7 Å². The van der Waals surface area contributed by atoms with E-state index < -0.39 is 28.9 Å². The van der Waals surface area contributed by atoms with Crippen molar-refractivity contribution in [3.8, 4) is 5.88 Å². The third-order valence-electron chi connectivity index (χ3n) is 7.19. The van der Waals surface area contributed by atoms with Crippen LogP contribution in [-0.4, -0.2) is 45.9 Å². The molecule has 0 saturated heterocycles. The first-order valence-electron chi connectivity index (χ1n) is 14.5. The summed E-state index contributed by atoms with van der Waals surface area (Å²) in [6.07, 6.45) is 2.74. The number of ether oxygens (including phenoxy) is 3. The Morgan fingerprint density at radius 1 is 1.00 bits per heavy atom. The molecule has 2 aromatic rings. The Kier molecular flexibility index (Phi) is 11.3. The Hall–Kier alpha value is -4.15. The summed E-state index contributed by atoms with van der Waals surface area (Å²) in [5, 5.41) is 21.8. The van der Waals surface area contributed by atoms with Crippen molar-refractivity contribution in [1.29, 1.82) is 0 Å². The quantitative estimate of drug-likeness (QED) is 0.115. The first kappa shape index (κ1) is 32.4. The number of allylic oxidation sites excluding steroid dienone is 2. The summed E-state index contributed by atoms with van der Waals surface area (Å²) in [6, 6.07) is 7.86. The lowest BCUT2D eigenvalue weighted by atomic mass is 9.80. The predicted molar refractivity (Wildman–Crippen MR) is 158 cm³/mol. The Morgan fingerprint density at radius 3 is 2.24 bits per heavy atom. The second-order valence-electron chi connectivity index (χ2n) is 11.0. The fourth-order valence-electron chi connectivity index (χ4n) is 5.00. The fourth-order valence-corrected chi connectivity index (χ4v) is 5.00. The Morgan fingerprint density at radius 2 is 1.64 bits per heavy atom. The van der Waals surface area contributed by atoms with Crippen LogP contribution < -0.4 is 10.1 Å². The van der Waals surface area contributed by atoms with Gasteiger partial charge in [0.05, 0.1) is 40.8 Å². The van der Waals surface area contributed by atoms with Crippen LogP contribution in [0.2, 0.25) is 0 Å². The summed E-state index contributed by atoms with van der Waals surface area (Å²) < 4.78 is 17.1. The third-order valence-corrected chi connectivity index (χ3v) is 7.19. The van der Waals surface area contributed by atoms with Gasteiger partial charge in [0.25, 0.3) is 5.69 Å². The van der Waals surface area contributed by atoms with E-state index in [1.54, 1.807) is 26.8 Å². The number of hydrogen-bond donors (Lipinski definition) is 2. The van der Waals surface area contributed by atoms with Crippen LogP contribution in [0, 0.1) is 10.1 Å². The molecule has 0 aliphatic carbocycles. The van der Waals surface area contributed by atoms with Crippen LogP contribution in [0.1, 0.15) is 97.2 Å². The van der Waals surface area contributed by atoms with E-state index in [0.717, 1.165) is 25.0 Å². The van der Waals surface area contributed by atoms with Crippen molar-refractivity contribution in [3.63, 3.8) is 0 Å². The molecule has 11 heteroatoms. The number of aromatic amines is 1. The molecule has 0 radical (unpaired) electrons. The maximum absolute atomic E-state index is 13.6. The van der Waals surface area contributed by atoms with Crippen LogP contribution in [-0.2, 0) is 19.1 Å². The van der Waals surface area contributed by atoms with E-state index in [-0.39, 0.29) is 29.5 Å². The number of benzene rings is 1. The normalized spacial score (nSPS) is 16.6. The van der Waals surface area contributed by atoms with Crippen LogP contribution in [0.15, 0.2) is 52.9 Å².